The van der Waals surface area contributed by atoms with Crippen LogP contribution in [0.1, 0.15) is 29.8 Å². The van der Waals surface area contributed by atoms with E-state index < -0.39 is 17.9 Å². The smallest absolute Gasteiger partial charge is 0.308 e. The van der Waals surface area contributed by atoms with E-state index in [-0.39, 0.29) is 5.91 Å². The van der Waals surface area contributed by atoms with Crippen LogP contribution in [0.5, 0.6) is 0 Å². The molecule has 1 aromatic carbocycles. The maximum Gasteiger partial charge on any atom is 0.308 e. The minimum atomic E-state index is -0.915. The van der Waals surface area contributed by atoms with Gasteiger partial charge in [-0.25, -0.2) is 0 Å². The molecule has 2 atom stereocenters. The summed E-state index contributed by atoms with van der Waals surface area (Å²) in [5, 5.41) is 11.5. The lowest BCUT2D eigenvalue weighted by Gasteiger charge is -2.17. The zero-order valence-corrected chi connectivity index (χ0v) is 10.2. The summed E-state index contributed by atoms with van der Waals surface area (Å²) in [6.45, 7) is 5.20. The molecule has 0 saturated heterocycles. The Labute approximate surface area is 101 Å². The van der Waals surface area contributed by atoms with Gasteiger partial charge >= 0.3 is 5.97 Å². The molecule has 1 aromatic rings. The number of amides is 1. The Morgan fingerprint density at radius 2 is 1.71 bits per heavy atom. The zero-order valence-electron chi connectivity index (χ0n) is 10.2. The van der Waals surface area contributed by atoms with Crippen LogP contribution in [0.3, 0.4) is 0 Å². The molecule has 0 radical (unpaired) electrons. The number of benzene rings is 1. The molecule has 0 aromatic heterocycles. The van der Waals surface area contributed by atoms with Crippen molar-refractivity contribution >= 4 is 11.9 Å². The maximum atomic E-state index is 11.8. The van der Waals surface area contributed by atoms with Crippen molar-refractivity contribution in [2.24, 2.45) is 5.92 Å². The van der Waals surface area contributed by atoms with Gasteiger partial charge in [0, 0.05) is 11.6 Å². The van der Waals surface area contributed by atoms with Crippen LogP contribution in [0.15, 0.2) is 24.3 Å². The number of aryl methyl sites for hydroxylation is 1. The molecule has 0 aliphatic rings. The molecule has 0 spiro atoms. The van der Waals surface area contributed by atoms with Gasteiger partial charge in [-0.1, -0.05) is 17.7 Å². The van der Waals surface area contributed by atoms with E-state index in [0.717, 1.165) is 5.56 Å². The number of hydrogen-bond acceptors (Lipinski definition) is 2. The van der Waals surface area contributed by atoms with Crippen molar-refractivity contribution in [1.29, 1.82) is 0 Å². The second-order valence-electron chi connectivity index (χ2n) is 4.26. The molecule has 2 unspecified atom stereocenters. The Balaban J connectivity index is 2.66. The van der Waals surface area contributed by atoms with Crippen LogP contribution in [0.4, 0.5) is 0 Å². The Morgan fingerprint density at radius 3 is 2.18 bits per heavy atom. The lowest BCUT2D eigenvalue weighted by Crippen LogP contribution is -2.40. The number of hydrogen-bond donors (Lipinski definition) is 2. The summed E-state index contributed by atoms with van der Waals surface area (Å²) in [5.74, 6) is -1.77. The van der Waals surface area contributed by atoms with Crippen LogP contribution in [0.25, 0.3) is 0 Å². The van der Waals surface area contributed by atoms with Crippen LogP contribution < -0.4 is 5.32 Å². The fourth-order valence-electron chi connectivity index (χ4n) is 1.33. The highest BCUT2D eigenvalue weighted by Crippen LogP contribution is 2.06. The van der Waals surface area contributed by atoms with Crippen LogP contribution in [0.2, 0.25) is 0 Å². The summed E-state index contributed by atoms with van der Waals surface area (Å²) in [7, 11) is 0. The maximum absolute atomic E-state index is 11.8. The van der Waals surface area contributed by atoms with Gasteiger partial charge in [-0.15, -0.1) is 0 Å². The average molecular weight is 235 g/mol. The molecule has 1 amide bonds. The predicted octanol–water partition coefficient (Wildman–Crippen LogP) is 1.83. The Bertz CT molecular complexity index is 411. The van der Waals surface area contributed by atoms with Crippen molar-refractivity contribution < 1.29 is 14.7 Å². The van der Waals surface area contributed by atoms with Crippen molar-refractivity contribution in [2.45, 2.75) is 26.8 Å². The molecule has 0 fully saturated rings. The Morgan fingerprint density at radius 1 is 1.18 bits per heavy atom. The molecular weight excluding hydrogens is 218 g/mol. The lowest BCUT2D eigenvalue weighted by atomic mass is 10.0. The largest absolute Gasteiger partial charge is 0.481 e. The third-order valence-corrected chi connectivity index (χ3v) is 2.81. The minimum Gasteiger partial charge on any atom is -0.481 e. The second kappa shape index (κ2) is 5.48. The van der Waals surface area contributed by atoms with Gasteiger partial charge in [0.2, 0.25) is 0 Å². The zero-order chi connectivity index (χ0) is 13.0. The number of carbonyl (C=O) groups is 2. The molecule has 4 heteroatoms. The Kier molecular flexibility index (Phi) is 4.26. The monoisotopic (exact) mass is 235 g/mol. The van der Waals surface area contributed by atoms with E-state index in [1.807, 2.05) is 19.1 Å². The fourth-order valence-corrected chi connectivity index (χ4v) is 1.33. The van der Waals surface area contributed by atoms with Gasteiger partial charge in [0.15, 0.2) is 0 Å². The van der Waals surface area contributed by atoms with Crippen LogP contribution in [-0.2, 0) is 4.79 Å². The number of nitrogens with one attached hydrogen (secondary N) is 1. The van der Waals surface area contributed by atoms with E-state index in [1.165, 1.54) is 0 Å². The molecule has 4 nitrogen and oxygen atoms in total. The lowest BCUT2D eigenvalue weighted by molar-refractivity contribution is -0.141. The van der Waals surface area contributed by atoms with Crippen LogP contribution >= 0.6 is 0 Å². The summed E-state index contributed by atoms with van der Waals surface area (Å²) in [5.41, 5.74) is 1.62. The second-order valence-corrected chi connectivity index (χ2v) is 4.26. The molecule has 0 heterocycles. The number of rotatable bonds is 4. The van der Waals surface area contributed by atoms with E-state index >= 15 is 0 Å². The van der Waals surface area contributed by atoms with Crippen molar-refractivity contribution in [2.75, 3.05) is 0 Å². The molecular formula is C13H17NO3. The van der Waals surface area contributed by atoms with Gasteiger partial charge in [0.05, 0.1) is 5.92 Å². The van der Waals surface area contributed by atoms with Crippen LogP contribution in [-0.4, -0.2) is 23.0 Å². The van der Waals surface area contributed by atoms with E-state index in [1.54, 1.807) is 26.0 Å². The summed E-state index contributed by atoms with van der Waals surface area (Å²) >= 11 is 0. The van der Waals surface area contributed by atoms with E-state index in [2.05, 4.69) is 5.32 Å². The summed E-state index contributed by atoms with van der Waals surface area (Å²) in [6.07, 6.45) is 0. The van der Waals surface area contributed by atoms with Crippen molar-refractivity contribution in [1.82, 2.24) is 5.32 Å². The molecule has 0 saturated carbocycles. The van der Waals surface area contributed by atoms with E-state index in [9.17, 15) is 9.59 Å². The number of aliphatic carboxylic acids is 1. The highest BCUT2D eigenvalue weighted by atomic mass is 16.4. The number of carbonyl (C=O) groups excluding carboxylic acids is 1. The number of carboxylic acid groups (broad SMARTS) is 1. The van der Waals surface area contributed by atoms with Gasteiger partial charge in [-0.05, 0) is 32.9 Å². The van der Waals surface area contributed by atoms with Gasteiger partial charge in [-0.2, -0.15) is 0 Å². The van der Waals surface area contributed by atoms with Gasteiger partial charge in [-0.3, -0.25) is 9.59 Å². The molecule has 0 aliphatic carbocycles. The molecule has 17 heavy (non-hydrogen) atoms. The standard InChI is InChI=1S/C13H17NO3/c1-8-4-6-11(7-5-8)12(15)14-10(3)9(2)13(16)17/h4-7,9-10H,1-3H3,(H,14,15)(H,16,17). The normalized spacial score (nSPS) is 13.8. The van der Waals surface area contributed by atoms with Crippen molar-refractivity contribution in [3.8, 4) is 0 Å². The SMILES string of the molecule is Cc1ccc(C(=O)NC(C)C(C)C(=O)O)cc1. The molecule has 2 N–H and O–H groups in total. The van der Waals surface area contributed by atoms with Gasteiger partial charge < -0.3 is 10.4 Å². The third-order valence-electron chi connectivity index (χ3n) is 2.81. The Hall–Kier alpha value is -1.84. The molecule has 0 bridgehead atoms. The summed E-state index contributed by atoms with van der Waals surface area (Å²) < 4.78 is 0. The van der Waals surface area contributed by atoms with Crippen LogP contribution in [0, 0.1) is 12.8 Å². The third kappa shape index (κ3) is 3.59. The molecule has 0 aliphatic heterocycles. The first-order valence-corrected chi connectivity index (χ1v) is 5.52. The minimum absolute atomic E-state index is 0.245. The molecule has 92 valence electrons. The van der Waals surface area contributed by atoms with Crippen molar-refractivity contribution in [3.63, 3.8) is 0 Å². The van der Waals surface area contributed by atoms with Gasteiger partial charge in [0.25, 0.3) is 5.91 Å². The first-order valence-electron chi connectivity index (χ1n) is 5.52. The van der Waals surface area contributed by atoms with Crippen molar-refractivity contribution in [3.05, 3.63) is 35.4 Å². The average Bonchev–Trinajstić information content (AvgIpc) is 2.28. The topological polar surface area (TPSA) is 66.4 Å². The quantitative estimate of drug-likeness (QED) is 0.836. The number of carboxylic acids is 1. The summed E-state index contributed by atoms with van der Waals surface area (Å²) in [6, 6.07) is 6.74. The highest BCUT2D eigenvalue weighted by molar-refractivity contribution is 5.94. The highest BCUT2D eigenvalue weighted by Gasteiger charge is 2.21. The summed E-state index contributed by atoms with van der Waals surface area (Å²) in [4.78, 5) is 22.5. The first-order chi connectivity index (χ1) is 7.91. The van der Waals surface area contributed by atoms with Gasteiger partial charge in [0.1, 0.15) is 0 Å². The van der Waals surface area contributed by atoms with E-state index in [4.69, 9.17) is 5.11 Å². The van der Waals surface area contributed by atoms with E-state index in [0.29, 0.717) is 5.56 Å². The fraction of sp³-hybridized carbons (Fsp3) is 0.385. The molecule has 1 rings (SSSR count). The first kappa shape index (κ1) is 13.2. The predicted molar refractivity (Wildman–Crippen MR) is 64.9 cm³/mol.